The highest BCUT2D eigenvalue weighted by Gasteiger charge is 2.46. The van der Waals surface area contributed by atoms with Gasteiger partial charge in [-0.2, -0.15) is 13.2 Å². The summed E-state index contributed by atoms with van der Waals surface area (Å²) in [5.41, 5.74) is 5.18. The Morgan fingerprint density at radius 3 is 2.84 bits per heavy atom. The third-order valence-corrected chi connectivity index (χ3v) is 3.88. The van der Waals surface area contributed by atoms with Crippen LogP contribution in [0.5, 0.6) is 0 Å². The summed E-state index contributed by atoms with van der Waals surface area (Å²) in [6.07, 6.45) is -1.79. The van der Waals surface area contributed by atoms with Gasteiger partial charge in [-0.25, -0.2) is 0 Å². The Morgan fingerprint density at radius 2 is 2.21 bits per heavy atom. The fourth-order valence-electron chi connectivity index (χ4n) is 2.90. The highest BCUT2D eigenvalue weighted by Crippen LogP contribution is 2.33. The van der Waals surface area contributed by atoms with Gasteiger partial charge >= 0.3 is 6.18 Å². The van der Waals surface area contributed by atoms with Gasteiger partial charge in [-0.1, -0.05) is 5.16 Å². The highest BCUT2D eigenvalue weighted by atomic mass is 19.4. The van der Waals surface area contributed by atoms with Crippen molar-refractivity contribution in [3.8, 4) is 0 Å². The van der Waals surface area contributed by atoms with Crippen LogP contribution in [-0.2, 0) is 4.74 Å². The monoisotopic (exact) mass is 281 g/mol. The molecule has 0 aromatic rings. The lowest BCUT2D eigenvalue weighted by atomic mass is 10.0. The molecule has 8 heteroatoms. The molecule has 110 valence electrons. The van der Waals surface area contributed by atoms with E-state index in [1.165, 1.54) is 0 Å². The van der Waals surface area contributed by atoms with Gasteiger partial charge in [0.15, 0.2) is 5.84 Å². The smallest absolute Gasteiger partial charge is 0.400 e. The zero-order valence-corrected chi connectivity index (χ0v) is 10.4. The standard InChI is InChI=1S/C11H18F3N3O2/c12-11(13,14)7(10(15)16-18)6-17-4-5-19-9-3-1-2-8(9)17/h7-9,18H,1-6H2,(H2,15,16). The molecule has 1 saturated heterocycles. The summed E-state index contributed by atoms with van der Waals surface area (Å²) in [4.78, 5) is 1.76. The van der Waals surface area contributed by atoms with Gasteiger partial charge < -0.3 is 15.7 Å². The van der Waals surface area contributed by atoms with Crippen molar-refractivity contribution in [1.29, 1.82) is 0 Å². The second kappa shape index (κ2) is 5.54. The molecule has 19 heavy (non-hydrogen) atoms. The number of nitrogens with two attached hydrogens (primary N) is 1. The zero-order valence-electron chi connectivity index (χ0n) is 10.4. The predicted molar refractivity (Wildman–Crippen MR) is 61.9 cm³/mol. The minimum Gasteiger partial charge on any atom is -0.409 e. The van der Waals surface area contributed by atoms with E-state index in [4.69, 9.17) is 15.7 Å². The minimum atomic E-state index is -4.51. The average molecular weight is 281 g/mol. The van der Waals surface area contributed by atoms with Crippen molar-refractivity contribution in [2.45, 2.75) is 37.6 Å². The molecule has 2 fully saturated rings. The van der Waals surface area contributed by atoms with E-state index < -0.39 is 17.9 Å². The Morgan fingerprint density at radius 1 is 1.47 bits per heavy atom. The molecular weight excluding hydrogens is 263 g/mol. The topological polar surface area (TPSA) is 71.1 Å². The van der Waals surface area contributed by atoms with Gasteiger partial charge in [-0.3, -0.25) is 4.90 Å². The maximum Gasteiger partial charge on any atom is 0.400 e. The number of hydrogen-bond donors (Lipinski definition) is 2. The van der Waals surface area contributed by atoms with Crippen molar-refractivity contribution < 1.29 is 23.1 Å². The lowest BCUT2D eigenvalue weighted by molar-refractivity contribution is -0.167. The van der Waals surface area contributed by atoms with E-state index in [0.29, 0.717) is 13.2 Å². The molecule has 0 radical (unpaired) electrons. The maximum atomic E-state index is 12.9. The van der Waals surface area contributed by atoms with Crippen molar-refractivity contribution in [2.24, 2.45) is 16.8 Å². The number of halogens is 3. The molecular formula is C11H18F3N3O2. The van der Waals surface area contributed by atoms with Crippen molar-refractivity contribution in [2.75, 3.05) is 19.7 Å². The van der Waals surface area contributed by atoms with Crippen LogP contribution in [0.15, 0.2) is 5.16 Å². The fraction of sp³-hybridized carbons (Fsp3) is 0.909. The summed E-state index contributed by atoms with van der Waals surface area (Å²) in [5, 5.41) is 11.0. The van der Waals surface area contributed by atoms with Crippen LogP contribution in [0.2, 0.25) is 0 Å². The molecule has 1 saturated carbocycles. The average Bonchev–Trinajstić information content (AvgIpc) is 2.82. The normalized spacial score (nSPS) is 31.2. The molecule has 0 amide bonds. The molecule has 2 aliphatic rings. The van der Waals surface area contributed by atoms with Crippen LogP contribution < -0.4 is 5.73 Å². The molecule has 3 unspecified atom stereocenters. The third-order valence-electron chi connectivity index (χ3n) is 3.88. The molecule has 1 heterocycles. The minimum absolute atomic E-state index is 0.0186. The van der Waals surface area contributed by atoms with E-state index in [2.05, 4.69) is 5.16 Å². The van der Waals surface area contributed by atoms with Crippen molar-refractivity contribution in [3.63, 3.8) is 0 Å². The maximum absolute atomic E-state index is 12.9. The molecule has 0 spiro atoms. The van der Waals surface area contributed by atoms with Crippen LogP contribution in [0.25, 0.3) is 0 Å². The zero-order chi connectivity index (χ0) is 14.0. The first-order valence-corrected chi connectivity index (χ1v) is 6.33. The van der Waals surface area contributed by atoms with Gasteiger partial charge in [0, 0.05) is 19.1 Å². The molecule has 3 atom stereocenters. The van der Waals surface area contributed by atoms with Crippen LogP contribution >= 0.6 is 0 Å². The Kier molecular flexibility index (Phi) is 4.19. The van der Waals surface area contributed by atoms with E-state index in [1.54, 1.807) is 4.90 Å². The number of alkyl halides is 3. The van der Waals surface area contributed by atoms with E-state index >= 15 is 0 Å². The van der Waals surface area contributed by atoms with Crippen molar-refractivity contribution in [3.05, 3.63) is 0 Å². The predicted octanol–water partition coefficient (Wildman–Crippen LogP) is 1.16. The van der Waals surface area contributed by atoms with E-state index in [9.17, 15) is 13.2 Å². The first-order valence-electron chi connectivity index (χ1n) is 6.33. The van der Waals surface area contributed by atoms with Gasteiger partial charge in [0.25, 0.3) is 0 Å². The number of nitrogens with zero attached hydrogens (tertiary/aromatic N) is 2. The molecule has 1 aliphatic carbocycles. The number of oxime groups is 1. The van der Waals surface area contributed by atoms with E-state index in [0.717, 1.165) is 19.3 Å². The molecule has 0 aromatic heterocycles. The summed E-state index contributed by atoms with van der Waals surface area (Å²) >= 11 is 0. The van der Waals surface area contributed by atoms with Crippen LogP contribution in [0.1, 0.15) is 19.3 Å². The van der Waals surface area contributed by atoms with E-state index in [1.807, 2.05) is 0 Å². The molecule has 1 aliphatic heterocycles. The summed E-state index contributed by atoms with van der Waals surface area (Å²) in [7, 11) is 0. The fourth-order valence-corrected chi connectivity index (χ4v) is 2.90. The quantitative estimate of drug-likeness (QED) is 0.352. The Balaban J connectivity index is 2.08. The second-order valence-electron chi connectivity index (χ2n) is 5.02. The lowest BCUT2D eigenvalue weighted by Crippen LogP contribution is -2.53. The Bertz CT molecular complexity index is 349. The van der Waals surface area contributed by atoms with Gasteiger partial charge in [-0.15, -0.1) is 0 Å². The third kappa shape index (κ3) is 3.11. The number of morpholine rings is 1. The summed E-state index contributed by atoms with van der Waals surface area (Å²) in [5.74, 6) is -2.72. The Hall–Kier alpha value is -1.02. The van der Waals surface area contributed by atoms with Gasteiger partial charge in [0.1, 0.15) is 5.92 Å². The van der Waals surface area contributed by atoms with E-state index in [-0.39, 0.29) is 18.7 Å². The lowest BCUT2D eigenvalue weighted by Gasteiger charge is -2.39. The molecule has 0 bridgehead atoms. The molecule has 0 aromatic carbocycles. The Labute approximate surface area is 109 Å². The van der Waals surface area contributed by atoms with Crippen LogP contribution in [0.3, 0.4) is 0 Å². The van der Waals surface area contributed by atoms with Gasteiger partial charge in [-0.05, 0) is 19.3 Å². The second-order valence-corrected chi connectivity index (χ2v) is 5.02. The van der Waals surface area contributed by atoms with Crippen LogP contribution in [0.4, 0.5) is 13.2 Å². The van der Waals surface area contributed by atoms with Crippen LogP contribution in [-0.4, -0.2) is 54.0 Å². The summed E-state index contributed by atoms with van der Waals surface area (Å²) in [6.45, 7) is 0.609. The van der Waals surface area contributed by atoms with Crippen molar-refractivity contribution in [1.82, 2.24) is 4.90 Å². The molecule has 5 nitrogen and oxygen atoms in total. The first kappa shape index (κ1) is 14.4. The molecule has 3 N–H and O–H groups in total. The number of hydrogen-bond acceptors (Lipinski definition) is 4. The summed E-state index contributed by atoms with van der Waals surface area (Å²) < 4.78 is 44.3. The summed E-state index contributed by atoms with van der Waals surface area (Å²) in [6, 6.07) is 0.0186. The van der Waals surface area contributed by atoms with Crippen LogP contribution in [0, 0.1) is 5.92 Å². The number of ether oxygens (including phenoxy) is 1. The van der Waals surface area contributed by atoms with Gasteiger partial charge in [0.2, 0.25) is 0 Å². The molecule has 2 rings (SSSR count). The number of amidine groups is 1. The highest BCUT2D eigenvalue weighted by molar-refractivity contribution is 5.83. The van der Waals surface area contributed by atoms with Gasteiger partial charge in [0.05, 0.1) is 12.7 Å². The SMILES string of the molecule is NC(=NO)C(CN1CCOC2CCCC21)C(F)(F)F. The first-order chi connectivity index (χ1) is 8.93. The number of rotatable bonds is 3. The van der Waals surface area contributed by atoms with Crippen molar-refractivity contribution >= 4 is 5.84 Å². The number of fused-ring (bicyclic) bond motifs is 1. The largest absolute Gasteiger partial charge is 0.409 e.